The van der Waals surface area contributed by atoms with Gasteiger partial charge in [0.25, 0.3) is 0 Å². The van der Waals surface area contributed by atoms with E-state index in [4.69, 9.17) is 4.74 Å². The van der Waals surface area contributed by atoms with E-state index in [1.54, 1.807) is 7.11 Å². The van der Waals surface area contributed by atoms with Crippen LogP contribution in [0.4, 0.5) is 0 Å². The molecule has 3 aromatic rings. The second-order valence-corrected chi connectivity index (χ2v) is 8.18. The Morgan fingerprint density at radius 2 is 1.83 bits per heavy atom. The van der Waals surface area contributed by atoms with Crippen molar-refractivity contribution in [3.05, 3.63) is 71.9 Å². The Morgan fingerprint density at radius 3 is 2.53 bits per heavy atom. The number of aromatic nitrogens is 2. The number of nitrogens with zero attached hydrogens (tertiary/aromatic N) is 2. The molecule has 30 heavy (non-hydrogen) atoms. The molecule has 5 nitrogen and oxygen atoms in total. The zero-order valence-corrected chi connectivity index (χ0v) is 18.4. The van der Waals surface area contributed by atoms with Gasteiger partial charge in [-0.05, 0) is 62.6 Å². The average molecular weight is 422 g/mol. The molecule has 1 atom stereocenters. The van der Waals surface area contributed by atoms with Crippen LogP contribution in [-0.4, -0.2) is 34.8 Å². The molecule has 1 aromatic heterocycles. The van der Waals surface area contributed by atoms with Crippen molar-refractivity contribution in [2.75, 3.05) is 12.9 Å². The topological polar surface area (TPSA) is 64.1 Å². The quantitative estimate of drug-likeness (QED) is 0.401. The molecule has 1 amide bonds. The summed E-state index contributed by atoms with van der Waals surface area (Å²) in [4.78, 5) is 21.5. The SMILES string of the molecule is COc1ccc(-c2nc(C)cc(SCC(=O)N[C@H](C)CCc3ccccc3)n2)cc1. The van der Waals surface area contributed by atoms with Crippen molar-refractivity contribution < 1.29 is 9.53 Å². The highest BCUT2D eigenvalue weighted by atomic mass is 32.2. The second kappa shape index (κ2) is 10.8. The standard InChI is InChI=1S/C24H27N3O2S/c1-17(9-10-19-7-5-4-6-8-19)25-22(28)16-30-23-15-18(2)26-24(27-23)20-11-13-21(29-3)14-12-20/h4-8,11-15,17H,9-10,16H2,1-3H3,(H,25,28)/t17-/m1/s1. The van der Waals surface area contributed by atoms with Crippen LogP contribution in [0.1, 0.15) is 24.6 Å². The third-order valence-electron chi connectivity index (χ3n) is 4.65. The van der Waals surface area contributed by atoms with Crippen molar-refractivity contribution >= 4 is 17.7 Å². The lowest BCUT2D eigenvalue weighted by Crippen LogP contribution is -2.34. The number of carbonyl (C=O) groups excluding carboxylic acids is 1. The first-order valence-corrected chi connectivity index (χ1v) is 11.0. The van der Waals surface area contributed by atoms with E-state index in [-0.39, 0.29) is 11.9 Å². The number of amides is 1. The number of rotatable bonds is 9. The summed E-state index contributed by atoms with van der Waals surface area (Å²) >= 11 is 1.43. The van der Waals surface area contributed by atoms with Crippen LogP contribution < -0.4 is 10.1 Å². The van der Waals surface area contributed by atoms with Crippen LogP contribution >= 0.6 is 11.8 Å². The fourth-order valence-corrected chi connectivity index (χ4v) is 3.81. The highest BCUT2D eigenvalue weighted by Gasteiger charge is 2.11. The molecule has 1 N–H and O–H groups in total. The van der Waals surface area contributed by atoms with Gasteiger partial charge in [-0.3, -0.25) is 4.79 Å². The minimum atomic E-state index is 0.0165. The first-order chi connectivity index (χ1) is 14.5. The molecule has 0 unspecified atom stereocenters. The Balaban J connectivity index is 1.53. The van der Waals surface area contributed by atoms with E-state index >= 15 is 0 Å². The van der Waals surface area contributed by atoms with Gasteiger partial charge in [0, 0.05) is 17.3 Å². The summed E-state index contributed by atoms with van der Waals surface area (Å²) in [5, 5.41) is 3.87. The molecule has 0 fully saturated rings. The van der Waals surface area contributed by atoms with Crippen LogP contribution in [0.3, 0.4) is 0 Å². The molecule has 0 aliphatic rings. The molecule has 0 saturated heterocycles. The summed E-state index contributed by atoms with van der Waals surface area (Å²) in [6.45, 7) is 3.98. The molecule has 0 bridgehead atoms. The fourth-order valence-electron chi connectivity index (χ4n) is 3.04. The van der Waals surface area contributed by atoms with Gasteiger partial charge in [0.2, 0.25) is 5.91 Å². The largest absolute Gasteiger partial charge is 0.497 e. The van der Waals surface area contributed by atoms with E-state index < -0.39 is 0 Å². The van der Waals surface area contributed by atoms with Gasteiger partial charge in [-0.25, -0.2) is 9.97 Å². The van der Waals surface area contributed by atoms with Crippen LogP contribution in [0, 0.1) is 6.92 Å². The van der Waals surface area contributed by atoms with E-state index in [0.29, 0.717) is 11.6 Å². The van der Waals surface area contributed by atoms with Gasteiger partial charge in [0.15, 0.2) is 5.82 Å². The monoisotopic (exact) mass is 421 g/mol. The smallest absolute Gasteiger partial charge is 0.230 e. The van der Waals surface area contributed by atoms with Crippen LogP contribution in [0.2, 0.25) is 0 Å². The Morgan fingerprint density at radius 1 is 1.10 bits per heavy atom. The number of nitrogens with one attached hydrogen (secondary N) is 1. The maximum absolute atomic E-state index is 12.4. The van der Waals surface area contributed by atoms with E-state index in [1.807, 2.05) is 62.4 Å². The minimum absolute atomic E-state index is 0.0165. The number of carbonyl (C=O) groups is 1. The van der Waals surface area contributed by atoms with Crippen molar-refractivity contribution in [2.24, 2.45) is 0 Å². The van der Waals surface area contributed by atoms with E-state index in [1.165, 1.54) is 17.3 Å². The molecule has 156 valence electrons. The van der Waals surface area contributed by atoms with Gasteiger partial charge in [0.05, 0.1) is 12.9 Å². The van der Waals surface area contributed by atoms with E-state index in [2.05, 4.69) is 27.4 Å². The van der Waals surface area contributed by atoms with Gasteiger partial charge in [-0.1, -0.05) is 42.1 Å². The Kier molecular flexibility index (Phi) is 7.85. The van der Waals surface area contributed by atoms with Gasteiger partial charge < -0.3 is 10.1 Å². The molecular weight excluding hydrogens is 394 g/mol. The first-order valence-electron chi connectivity index (χ1n) is 9.99. The summed E-state index contributed by atoms with van der Waals surface area (Å²) in [5.74, 6) is 1.78. The molecule has 0 spiro atoms. The maximum Gasteiger partial charge on any atom is 0.230 e. The highest BCUT2D eigenvalue weighted by molar-refractivity contribution is 7.99. The minimum Gasteiger partial charge on any atom is -0.497 e. The molecule has 2 aromatic carbocycles. The highest BCUT2D eigenvalue weighted by Crippen LogP contribution is 2.23. The summed E-state index contributed by atoms with van der Waals surface area (Å²) in [6, 6.07) is 20.0. The second-order valence-electron chi connectivity index (χ2n) is 7.18. The summed E-state index contributed by atoms with van der Waals surface area (Å²) in [5.41, 5.74) is 3.07. The maximum atomic E-state index is 12.4. The number of methoxy groups -OCH3 is 1. The van der Waals surface area contributed by atoms with Gasteiger partial charge >= 0.3 is 0 Å². The third kappa shape index (κ3) is 6.59. The Labute approximate surface area is 182 Å². The lowest BCUT2D eigenvalue weighted by atomic mass is 10.1. The molecule has 6 heteroatoms. The van der Waals surface area contributed by atoms with Crippen molar-refractivity contribution in [2.45, 2.75) is 37.8 Å². The van der Waals surface area contributed by atoms with Crippen molar-refractivity contribution in [3.8, 4) is 17.1 Å². The molecule has 0 aliphatic carbocycles. The zero-order chi connectivity index (χ0) is 21.3. The molecule has 0 aliphatic heterocycles. The Bertz CT molecular complexity index is 962. The fraction of sp³-hybridized carbons (Fsp3) is 0.292. The lowest BCUT2D eigenvalue weighted by molar-refractivity contribution is -0.119. The van der Waals surface area contributed by atoms with Crippen molar-refractivity contribution in [1.29, 1.82) is 0 Å². The van der Waals surface area contributed by atoms with Crippen LogP contribution in [0.15, 0.2) is 65.7 Å². The van der Waals surface area contributed by atoms with Crippen LogP contribution in [0.5, 0.6) is 5.75 Å². The number of ether oxygens (including phenoxy) is 1. The number of hydrogen-bond donors (Lipinski definition) is 1. The third-order valence-corrected chi connectivity index (χ3v) is 5.56. The number of thioether (sulfide) groups is 1. The van der Waals surface area contributed by atoms with Crippen molar-refractivity contribution in [1.82, 2.24) is 15.3 Å². The van der Waals surface area contributed by atoms with Gasteiger partial charge in [0.1, 0.15) is 10.8 Å². The molecule has 1 heterocycles. The van der Waals surface area contributed by atoms with Crippen LogP contribution in [0.25, 0.3) is 11.4 Å². The van der Waals surface area contributed by atoms with Crippen molar-refractivity contribution in [3.63, 3.8) is 0 Å². The summed E-state index contributed by atoms with van der Waals surface area (Å²) < 4.78 is 5.20. The van der Waals surface area contributed by atoms with E-state index in [9.17, 15) is 4.79 Å². The molecule has 0 radical (unpaired) electrons. The van der Waals surface area contributed by atoms with Gasteiger partial charge in [-0.2, -0.15) is 0 Å². The Hall–Kier alpha value is -2.86. The zero-order valence-electron chi connectivity index (χ0n) is 17.6. The summed E-state index contributed by atoms with van der Waals surface area (Å²) in [7, 11) is 1.64. The molecule has 0 saturated carbocycles. The molecular formula is C24H27N3O2S. The summed E-state index contributed by atoms with van der Waals surface area (Å²) in [6.07, 6.45) is 1.86. The van der Waals surface area contributed by atoms with Crippen LogP contribution in [-0.2, 0) is 11.2 Å². The van der Waals surface area contributed by atoms with Gasteiger partial charge in [-0.15, -0.1) is 0 Å². The predicted octanol–water partition coefficient (Wildman–Crippen LogP) is 4.69. The first kappa shape index (κ1) is 21.8. The number of hydrogen-bond acceptors (Lipinski definition) is 5. The van der Waals surface area contributed by atoms with E-state index in [0.717, 1.165) is 34.9 Å². The normalized spacial score (nSPS) is 11.7. The molecule has 3 rings (SSSR count). The number of benzene rings is 2. The lowest BCUT2D eigenvalue weighted by Gasteiger charge is -2.14. The average Bonchev–Trinajstić information content (AvgIpc) is 2.77. The number of aryl methyl sites for hydroxylation is 2. The predicted molar refractivity (Wildman–Crippen MR) is 122 cm³/mol.